The van der Waals surface area contributed by atoms with Crippen LogP contribution in [0.5, 0.6) is 0 Å². The third-order valence-electron chi connectivity index (χ3n) is 1.79. The van der Waals surface area contributed by atoms with Gasteiger partial charge in [-0.05, 0) is 15.9 Å². The number of hydrogen-bond acceptors (Lipinski definition) is 4. The minimum Gasteiger partial charge on any atom is -0.235 e. The fourth-order valence-electron chi connectivity index (χ4n) is 1.04. The van der Waals surface area contributed by atoms with Crippen LogP contribution in [0.2, 0.25) is 0 Å². The van der Waals surface area contributed by atoms with Crippen molar-refractivity contribution in [3.63, 3.8) is 0 Å². The van der Waals surface area contributed by atoms with Crippen LogP contribution in [0.4, 0.5) is 8.78 Å². The smallest absolute Gasteiger partial charge is 0.235 e. The summed E-state index contributed by atoms with van der Waals surface area (Å²) in [5, 5.41) is 6.70. The number of aromatic nitrogens is 3. The average Bonchev–Trinajstić information content (AvgIpc) is 2.45. The van der Waals surface area contributed by atoms with Crippen molar-refractivity contribution >= 4 is 26.0 Å². The molecule has 0 saturated carbocycles. The quantitative estimate of drug-likeness (QED) is 0.809. The first-order chi connectivity index (χ1) is 7.26. The predicted molar refractivity (Wildman–Crippen MR) is 54.5 cm³/mol. The largest absolute Gasteiger partial charge is 0.262 e. The molecule has 0 spiro atoms. The standard InChI is InChI=1S/C6H9BrF2N4O2S/c1-12(3-4(8)9)16(14,15)6-5(7)10-11-13(6)2/h4H,3H2,1-2H3. The van der Waals surface area contributed by atoms with Crippen LogP contribution in [0.3, 0.4) is 0 Å². The SMILES string of the molecule is CN(CC(F)F)S(=O)(=O)c1c(Br)nnn1C. The van der Waals surface area contributed by atoms with Gasteiger partial charge in [-0.3, -0.25) is 0 Å². The molecule has 92 valence electrons. The van der Waals surface area contributed by atoms with Crippen LogP contribution in [0.15, 0.2) is 9.63 Å². The molecule has 0 aromatic carbocycles. The highest BCUT2D eigenvalue weighted by atomic mass is 79.9. The van der Waals surface area contributed by atoms with Crippen LogP contribution in [-0.4, -0.2) is 47.7 Å². The zero-order valence-corrected chi connectivity index (χ0v) is 10.8. The molecule has 0 amide bonds. The lowest BCUT2D eigenvalue weighted by Crippen LogP contribution is -2.32. The number of nitrogens with zero attached hydrogens (tertiary/aromatic N) is 4. The highest BCUT2D eigenvalue weighted by molar-refractivity contribution is 9.10. The van der Waals surface area contributed by atoms with Gasteiger partial charge in [-0.25, -0.2) is 21.9 Å². The Morgan fingerprint density at radius 3 is 2.50 bits per heavy atom. The van der Waals surface area contributed by atoms with Gasteiger partial charge in [-0.2, -0.15) is 4.31 Å². The molecule has 6 nitrogen and oxygen atoms in total. The van der Waals surface area contributed by atoms with Crippen molar-refractivity contribution in [3.05, 3.63) is 4.60 Å². The third-order valence-corrected chi connectivity index (χ3v) is 4.50. The number of alkyl halides is 2. The Labute approximate surface area is 99.4 Å². The summed E-state index contributed by atoms with van der Waals surface area (Å²) in [4.78, 5) is 0. The molecule has 0 aliphatic heterocycles. The van der Waals surface area contributed by atoms with E-state index >= 15 is 0 Å². The lowest BCUT2D eigenvalue weighted by molar-refractivity contribution is 0.126. The van der Waals surface area contributed by atoms with Crippen molar-refractivity contribution in [2.75, 3.05) is 13.6 Å². The molecular weight excluding hydrogens is 310 g/mol. The zero-order valence-electron chi connectivity index (χ0n) is 8.43. The molecule has 16 heavy (non-hydrogen) atoms. The Morgan fingerprint density at radius 1 is 1.56 bits per heavy atom. The molecule has 0 aliphatic rings. The molecule has 10 heteroatoms. The van der Waals surface area contributed by atoms with Crippen LogP contribution in [0, 0.1) is 0 Å². The van der Waals surface area contributed by atoms with Crippen LogP contribution in [0.1, 0.15) is 0 Å². The molecule has 0 aliphatic carbocycles. The van der Waals surface area contributed by atoms with Gasteiger partial charge in [0.25, 0.3) is 16.4 Å². The summed E-state index contributed by atoms with van der Waals surface area (Å²) < 4.78 is 49.4. The Bertz CT molecular complexity index is 455. The van der Waals surface area contributed by atoms with Crippen LogP contribution >= 0.6 is 15.9 Å². The minimum atomic E-state index is -4.01. The predicted octanol–water partition coefficient (Wildman–Crippen LogP) is 0.463. The summed E-state index contributed by atoms with van der Waals surface area (Å²) in [6, 6.07) is 0. The van der Waals surface area contributed by atoms with Gasteiger partial charge in [0.1, 0.15) is 0 Å². The lowest BCUT2D eigenvalue weighted by atomic mass is 10.7. The maximum Gasteiger partial charge on any atom is 0.262 e. The highest BCUT2D eigenvalue weighted by Gasteiger charge is 2.29. The number of sulfonamides is 1. The second-order valence-electron chi connectivity index (χ2n) is 2.99. The fourth-order valence-corrected chi connectivity index (χ4v) is 3.21. The van der Waals surface area contributed by atoms with Crippen molar-refractivity contribution < 1.29 is 17.2 Å². The molecule has 0 saturated heterocycles. The maximum atomic E-state index is 12.1. The summed E-state index contributed by atoms with van der Waals surface area (Å²) in [7, 11) is -1.58. The summed E-state index contributed by atoms with van der Waals surface area (Å²) in [6.45, 7) is -0.875. The van der Waals surface area contributed by atoms with Gasteiger partial charge >= 0.3 is 0 Å². The molecule has 1 aromatic heterocycles. The molecule has 1 heterocycles. The Morgan fingerprint density at radius 2 is 2.12 bits per heavy atom. The topological polar surface area (TPSA) is 68.1 Å². The van der Waals surface area contributed by atoms with Gasteiger partial charge in [0.05, 0.1) is 6.54 Å². The molecular formula is C6H9BrF2N4O2S. The highest BCUT2D eigenvalue weighted by Crippen LogP contribution is 2.21. The van der Waals surface area contributed by atoms with E-state index < -0.39 is 23.0 Å². The zero-order chi connectivity index (χ0) is 12.5. The van der Waals surface area contributed by atoms with Gasteiger partial charge in [-0.1, -0.05) is 5.21 Å². The summed E-state index contributed by atoms with van der Waals surface area (Å²) in [6.07, 6.45) is -2.74. The van der Waals surface area contributed by atoms with E-state index in [0.29, 0.717) is 4.31 Å². The molecule has 0 atom stereocenters. The first-order valence-corrected chi connectivity index (χ1v) is 6.29. The van der Waals surface area contributed by atoms with E-state index in [1.807, 2.05) is 0 Å². The normalized spacial score (nSPS) is 12.7. The minimum absolute atomic E-state index is 0.00360. The summed E-state index contributed by atoms with van der Waals surface area (Å²) in [5.74, 6) is 0. The first-order valence-electron chi connectivity index (χ1n) is 4.06. The van der Waals surface area contributed by atoms with Crippen LogP contribution < -0.4 is 0 Å². The van der Waals surface area contributed by atoms with Crippen molar-refractivity contribution in [1.29, 1.82) is 0 Å². The van der Waals surface area contributed by atoms with E-state index in [-0.39, 0.29) is 9.63 Å². The van der Waals surface area contributed by atoms with E-state index in [1.165, 1.54) is 7.05 Å². The van der Waals surface area contributed by atoms with Crippen molar-refractivity contribution in [1.82, 2.24) is 19.3 Å². The maximum absolute atomic E-state index is 12.1. The Hall–Kier alpha value is -0.610. The van der Waals surface area contributed by atoms with Gasteiger partial charge in [0.2, 0.25) is 5.03 Å². The van der Waals surface area contributed by atoms with Gasteiger partial charge in [0, 0.05) is 14.1 Å². The number of aryl methyl sites for hydroxylation is 1. The second-order valence-corrected chi connectivity index (χ2v) is 5.70. The molecule has 0 unspecified atom stereocenters. The third kappa shape index (κ3) is 2.55. The molecule has 1 rings (SSSR count). The van der Waals surface area contributed by atoms with E-state index in [4.69, 9.17) is 0 Å². The van der Waals surface area contributed by atoms with Gasteiger partial charge in [-0.15, -0.1) is 5.10 Å². The van der Waals surface area contributed by atoms with Crippen molar-refractivity contribution in [2.24, 2.45) is 7.05 Å². The van der Waals surface area contributed by atoms with E-state index in [1.54, 1.807) is 0 Å². The van der Waals surface area contributed by atoms with Crippen LogP contribution in [-0.2, 0) is 17.1 Å². The summed E-state index contributed by atoms with van der Waals surface area (Å²) >= 11 is 2.90. The van der Waals surface area contributed by atoms with E-state index in [9.17, 15) is 17.2 Å². The fraction of sp³-hybridized carbons (Fsp3) is 0.667. The molecule has 0 fully saturated rings. The lowest BCUT2D eigenvalue weighted by Gasteiger charge is -2.16. The van der Waals surface area contributed by atoms with E-state index in [2.05, 4.69) is 26.2 Å². The van der Waals surface area contributed by atoms with Crippen molar-refractivity contribution in [2.45, 2.75) is 11.5 Å². The molecule has 0 radical (unpaired) electrons. The molecule has 0 bridgehead atoms. The number of rotatable bonds is 4. The average molecular weight is 319 g/mol. The number of halogens is 3. The van der Waals surface area contributed by atoms with E-state index in [0.717, 1.165) is 11.7 Å². The summed E-state index contributed by atoms with van der Waals surface area (Å²) in [5.41, 5.74) is 0. The Balaban J connectivity index is 3.12. The van der Waals surface area contributed by atoms with Crippen LogP contribution in [0.25, 0.3) is 0 Å². The molecule has 1 aromatic rings. The van der Waals surface area contributed by atoms with Gasteiger partial charge < -0.3 is 0 Å². The molecule has 0 N–H and O–H groups in total. The monoisotopic (exact) mass is 318 g/mol. The van der Waals surface area contributed by atoms with Gasteiger partial charge in [0.15, 0.2) is 4.60 Å². The Kier molecular flexibility index (Phi) is 3.97. The van der Waals surface area contributed by atoms with Crippen molar-refractivity contribution in [3.8, 4) is 0 Å². The first kappa shape index (κ1) is 13.5. The second kappa shape index (κ2) is 4.72. The number of hydrogen-bond donors (Lipinski definition) is 0.